The topological polar surface area (TPSA) is 51.2 Å². The molecule has 1 N–H and O–H groups in total. The van der Waals surface area contributed by atoms with Gasteiger partial charge < -0.3 is 10.1 Å². The molecule has 4 nitrogen and oxygen atoms in total. The fraction of sp³-hybridized carbons (Fsp3) is 0.500. The fourth-order valence-corrected chi connectivity index (χ4v) is 1.18. The van der Waals surface area contributed by atoms with Gasteiger partial charge in [0.15, 0.2) is 0 Å². The number of pyridine rings is 1. The molecule has 1 aromatic rings. The highest BCUT2D eigenvalue weighted by molar-refractivity contribution is 5.97. The Morgan fingerprint density at radius 3 is 2.50 bits per heavy atom. The van der Waals surface area contributed by atoms with Crippen LogP contribution in [0.15, 0.2) is 12.1 Å². The van der Waals surface area contributed by atoms with E-state index < -0.39 is 5.60 Å². The quantitative estimate of drug-likeness (QED) is 0.851. The minimum atomic E-state index is -0.836. The first-order valence-corrected chi connectivity index (χ1v) is 5.17. The molecule has 0 fully saturated rings. The number of carbonyl (C=O) groups is 1. The Bertz CT molecular complexity index is 400. The van der Waals surface area contributed by atoms with E-state index in [0.29, 0.717) is 0 Å². The molecular weight excluding hydrogens is 204 g/mol. The zero-order valence-electron chi connectivity index (χ0n) is 10.4. The molecule has 0 unspecified atom stereocenters. The highest BCUT2D eigenvalue weighted by atomic mass is 16.5. The van der Waals surface area contributed by atoms with Gasteiger partial charge in [-0.1, -0.05) is 0 Å². The lowest BCUT2D eigenvalue weighted by molar-refractivity contribution is -0.133. The Hall–Kier alpha value is -1.42. The van der Waals surface area contributed by atoms with Crippen molar-refractivity contribution in [2.24, 2.45) is 0 Å². The number of nitrogens with zero attached hydrogens (tertiary/aromatic N) is 1. The van der Waals surface area contributed by atoms with Crippen molar-refractivity contribution in [1.82, 2.24) is 4.98 Å². The number of anilines is 1. The van der Waals surface area contributed by atoms with E-state index in [0.717, 1.165) is 17.1 Å². The largest absolute Gasteiger partial charge is 0.369 e. The van der Waals surface area contributed by atoms with Crippen molar-refractivity contribution in [3.8, 4) is 0 Å². The Labute approximate surface area is 96.0 Å². The molecule has 16 heavy (non-hydrogen) atoms. The monoisotopic (exact) mass is 222 g/mol. The van der Waals surface area contributed by atoms with Gasteiger partial charge in [0.1, 0.15) is 5.60 Å². The van der Waals surface area contributed by atoms with Crippen LogP contribution in [0.1, 0.15) is 25.2 Å². The minimum Gasteiger partial charge on any atom is -0.369 e. The number of ether oxygens (including phenoxy) is 1. The maximum Gasteiger partial charge on any atom is 0.256 e. The van der Waals surface area contributed by atoms with Gasteiger partial charge in [0.05, 0.1) is 11.4 Å². The van der Waals surface area contributed by atoms with Crippen LogP contribution in [0.5, 0.6) is 0 Å². The third kappa shape index (κ3) is 2.79. The van der Waals surface area contributed by atoms with Crippen molar-refractivity contribution in [3.63, 3.8) is 0 Å². The average molecular weight is 222 g/mol. The molecule has 1 amide bonds. The molecule has 0 saturated heterocycles. The summed E-state index contributed by atoms with van der Waals surface area (Å²) in [7, 11) is 1.51. The molecule has 1 rings (SSSR count). The number of hydrogen-bond acceptors (Lipinski definition) is 3. The summed E-state index contributed by atoms with van der Waals surface area (Å²) in [5.41, 5.74) is 1.62. The van der Waals surface area contributed by atoms with Gasteiger partial charge in [0.25, 0.3) is 5.91 Å². The summed E-state index contributed by atoms with van der Waals surface area (Å²) in [6.07, 6.45) is 0. The first kappa shape index (κ1) is 12.6. The number of amides is 1. The van der Waals surface area contributed by atoms with Crippen molar-refractivity contribution < 1.29 is 9.53 Å². The second-order valence-electron chi connectivity index (χ2n) is 4.25. The van der Waals surface area contributed by atoms with E-state index in [1.165, 1.54) is 7.11 Å². The molecule has 0 aliphatic rings. The molecule has 0 atom stereocenters. The van der Waals surface area contributed by atoms with Crippen LogP contribution < -0.4 is 5.32 Å². The van der Waals surface area contributed by atoms with E-state index in [4.69, 9.17) is 4.74 Å². The van der Waals surface area contributed by atoms with E-state index in [1.807, 2.05) is 26.0 Å². The van der Waals surface area contributed by atoms with Crippen molar-refractivity contribution in [2.75, 3.05) is 12.4 Å². The molecular formula is C12H18N2O2. The summed E-state index contributed by atoms with van der Waals surface area (Å²) in [5.74, 6) is -0.177. The van der Waals surface area contributed by atoms with Crippen molar-refractivity contribution >= 4 is 11.6 Å². The van der Waals surface area contributed by atoms with Gasteiger partial charge in [0.2, 0.25) is 0 Å². The first-order valence-electron chi connectivity index (χ1n) is 5.17. The van der Waals surface area contributed by atoms with E-state index in [1.54, 1.807) is 13.8 Å². The number of hydrogen-bond donors (Lipinski definition) is 1. The SMILES string of the molecule is COC(C)(C)C(=O)Nc1ccc(C)nc1C. The van der Waals surface area contributed by atoms with Gasteiger partial charge in [-0.3, -0.25) is 9.78 Å². The van der Waals surface area contributed by atoms with Crippen LogP contribution in [0.2, 0.25) is 0 Å². The van der Waals surface area contributed by atoms with E-state index >= 15 is 0 Å². The predicted molar refractivity (Wildman–Crippen MR) is 63.4 cm³/mol. The summed E-state index contributed by atoms with van der Waals surface area (Å²) in [5, 5.41) is 2.80. The van der Waals surface area contributed by atoms with Gasteiger partial charge in [-0.25, -0.2) is 0 Å². The molecule has 0 radical (unpaired) electrons. The summed E-state index contributed by atoms with van der Waals surface area (Å²) in [6, 6.07) is 3.71. The Balaban J connectivity index is 2.85. The molecule has 4 heteroatoms. The molecule has 0 bridgehead atoms. The molecule has 88 valence electrons. The molecule has 0 saturated carbocycles. The number of rotatable bonds is 3. The van der Waals surface area contributed by atoms with Crippen molar-refractivity contribution in [1.29, 1.82) is 0 Å². The summed E-state index contributed by atoms with van der Waals surface area (Å²) in [4.78, 5) is 16.1. The van der Waals surface area contributed by atoms with Crippen molar-refractivity contribution in [2.45, 2.75) is 33.3 Å². The second-order valence-corrected chi connectivity index (χ2v) is 4.25. The molecule has 0 spiro atoms. The number of aryl methyl sites for hydroxylation is 2. The lowest BCUT2D eigenvalue weighted by Gasteiger charge is -2.22. The van der Waals surface area contributed by atoms with Gasteiger partial charge >= 0.3 is 0 Å². The Morgan fingerprint density at radius 1 is 1.38 bits per heavy atom. The first-order chi connectivity index (χ1) is 7.36. The molecule has 0 aliphatic carbocycles. The van der Waals surface area contributed by atoms with Crippen LogP contribution >= 0.6 is 0 Å². The normalized spacial score (nSPS) is 11.3. The van der Waals surface area contributed by atoms with Gasteiger partial charge in [-0.2, -0.15) is 0 Å². The number of carbonyl (C=O) groups excluding carboxylic acids is 1. The Morgan fingerprint density at radius 2 is 2.00 bits per heavy atom. The highest BCUT2D eigenvalue weighted by Gasteiger charge is 2.27. The van der Waals surface area contributed by atoms with Crippen LogP contribution in [0.4, 0.5) is 5.69 Å². The Kier molecular flexibility index (Phi) is 3.65. The van der Waals surface area contributed by atoms with Gasteiger partial charge in [-0.05, 0) is 39.8 Å². The number of methoxy groups -OCH3 is 1. The third-order valence-electron chi connectivity index (χ3n) is 2.53. The second kappa shape index (κ2) is 4.61. The number of aromatic nitrogens is 1. The third-order valence-corrected chi connectivity index (χ3v) is 2.53. The van der Waals surface area contributed by atoms with E-state index in [2.05, 4.69) is 10.3 Å². The lowest BCUT2D eigenvalue weighted by atomic mass is 10.1. The molecule has 0 aromatic carbocycles. The zero-order chi connectivity index (χ0) is 12.3. The summed E-state index contributed by atoms with van der Waals surface area (Å²) < 4.78 is 5.10. The van der Waals surface area contributed by atoms with Gasteiger partial charge in [-0.15, -0.1) is 0 Å². The highest BCUT2D eigenvalue weighted by Crippen LogP contribution is 2.16. The van der Waals surface area contributed by atoms with Crippen LogP contribution in [0.25, 0.3) is 0 Å². The average Bonchev–Trinajstić information content (AvgIpc) is 2.22. The maximum absolute atomic E-state index is 11.8. The van der Waals surface area contributed by atoms with Crippen LogP contribution in [0, 0.1) is 13.8 Å². The van der Waals surface area contributed by atoms with Crippen molar-refractivity contribution in [3.05, 3.63) is 23.5 Å². The van der Waals surface area contributed by atoms with E-state index in [-0.39, 0.29) is 5.91 Å². The standard InChI is InChI=1S/C12H18N2O2/c1-8-6-7-10(9(2)13-8)14-11(15)12(3,4)16-5/h6-7H,1-5H3,(H,14,15). The summed E-state index contributed by atoms with van der Waals surface area (Å²) in [6.45, 7) is 7.22. The fourth-order valence-electron chi connectivity index (χ4n) is 1.18. The minimum absolute atomic E-state index is 0.177. The van der Waals surface area contributed by atoms with Gasteiger partial charge in [0, 0.05) is 12.8 Å². The molecule has 1 aromatic heterocycles. The molecule has 0 aliphatic heterocycles. The number of nitrogens with one attached hydrogen (secondary N) is 1. The van der Waals surface area contributed by atoms with Crippen LogP contribution in [0.3, 0.4) is 0 Å². The van der Waals surface area contributed by atoms with E-state index in [9.17, 15) is 4.79 Å². The zero-order valence-corrected chi connectivity index (χ0v) is 10.4. The lowest BCUT2D eigenvalue weighted by Crippen LogP contribution is -2.39. The maximum atomic E-state index is 11.8. The van der Waals surface area contributed by atoms with Crippen LogP contribution in [-0.4, -0.2) is 23.6 Å². The summed E-state index contributed by atoms with van der Waals surface area (Å²) >= 11 is 0. The van der Waals surface area contributed by atoms with Crippen LogP contribution in [-0.2, 0) is 9.53 Å². The molecule has 1 heterocycles. The smallest absolute Gasteiger partial charge is 0.256 e. The predicted octanol–water partition coefficient (Wildman–Crippen LogP) is 2.06.